The minimum absolute atomic E-state index is 0.191. The fraction of sp³-hybridized carbons (Fsp3) is 0.348. The van der Waals surface area contributed by atoms with Crippen molar-refractivity contribution in [2.75, 3.05) is 17.2 Å². The summed E-state index contributed by atoms with van der Waals surface area (Å²) < 4.78 is 7.98. The Balaban J connectivity index is 1.73. The molecule has 0 spiro atoms. The summed E-state index contributed by atoms with van der Waals surface area (Å²) in [5.41, 5.74) is 12.7. The Labute approximate surface area is 175 Å². The van der Waals surface area contributed by atoms with Gasteiger partial charge >= 0.3 is 0 Å². The summed E-state index contributed by atoms with van der Waals surface area (Å²) in [6.07, 6.45) is 3.37. The van der Waals surface area contributed by atoms with Crippen LogP contribution in [0.25, 0.3) is 11.1 Å². The van der Waals surface area contributed by atoms with E-state index in [1.165, 1.54) is 11.3 Å². The average Bonchev–Trinajstić information content (AvgIpc) is 3.02. The highest BCUT2D eigenvalue weighted by atomic mass is 16.5. The Bertz CT molecular complexity index is 1190. The van der Waals surface area contributed by atoms with E-state index >= 15 is 0 Å². The number of hydrogen-bond donors (Lipinski definition) is 1. The number of ether oxygens (including phenoxy) is 1. The number of fused-ring (bicyclic) bond motifs is 7. The van der Waals surface area contributed by atoms with Gasteiger partial charge in [-0.3, -0.25) is 4.68 Å². The summed E-state index contributed by atoms with van der Waals surface area (Å²) in [5, 5.41) is 14.5. The predicted molar refractivity (Wildman–Crippen MR) is 115 cm³/mol. The van der Waals surface area contributed by atoms with Crippen molar-refractivity contribution in [1.29, 1.82) is 5.26 Å². The smallest absolute Gasteiger partial charge is 0.166 e. The molecule has 152 valence electrons. The van der Waals surface area contributed by atoms with E-state index < -0.39 is 0 Å². The molecule has 5 rings (SSSR count). The van der Waals surface area contributed by atoms with Gasteiger partial charge in [0.1, 0.15) is 17.9 Å². The second-order valence-electron chi connectivity index (χ2n) is 8.18. The molecular formula is C23H24N6O. The van der Waals surface area contributed by atoms with E-state index in [0.29, 0.717) is 23.3 Å². The molecule has 7 heteroatoms. The van der Waals surface area contributed by atoms with Crippen LogP contribution in [0.2, 0.25) is 0 Å². The second kappa shape index (κ2) is 6.77. The van der Waals surface area contributed by atoms with Crippen molar-refractivity contribution in [3.05, 3.63) is 53.0 Å². The molecule has 7 nitrogen and oxygen atoms in total. The number of nitrogens with zero attached hydrogens (tertiary/aromatic N) is 5. The van der Waals surface area contributed by atoms with Crippen LogP contribution in [-0.2, 0) is 13.5 Å². The minimum Gasteiger partial charge on any atom is -0.482 e. The summed E-state index contributed by atoms with van der Waals surface area (Å²) in [4.78, 5) is 6.79. The Hall–Kier alpha value is -3.53. The summed E-state index contributed by atoms with van der Waals surface area (Å²) in [6.45, 7) is 5.13. The van der Waals surface area contributed by atoms with Gasteiger partial charge in [-0.05, 0) is 32.4 Å². The number of hydrogen-bond acceptors (Lipinski definition) is 6. The van der Waals surface area contributed by atoms with Crippen LogP contribution in [0.4, 0.5) is 11.5 Å². The molecule has 4 heterocycles. The maximum Gasteiger partial charge on any atom is 0.166 e. The quantitative estimate of drug-likeness (QED) is 0.621. The van der Waals surface area contributed by atoms with Gasteiger partial charge in [-0.15, -0.1) is 0 Å². The van der Waals surface area contributed by atoms with Gasteiger partial charge in [-0.1, -0.05) is 17.7 Å². The zero-order valence-corrected chi connectivity index (χ0v) is 17.4. The molecule has 0 aliphatic carbocycles. The van der Waals surface area contributed by atoms with Gasteiger partial charge in [-0.25, -0.2) is 4.98 Å². The fourth-order valence-corrected chi connectivity index (χ4v) is 4.55. The topological polar surface area (TPSA) is 93.0 Å². The highest BCUT2D eigenvalue weighted by molar-refractivity contribution is 5.74. The first-order valence-corrected chi connectivity index (χ1v) is 10.2. The SMILES string of the molecule is Cc1ccc2c(c1)[C@@H](C)Oc1cc(cnc1N)-c1c(nn(C)c1C#N)CC1CCN21. The van der Waals surface area contributed by atoms with E-state index in [2.05, 4.69) is 41.1 Å². The highest BCUT2D eigenvalue weighted by Crippen LogP contribution is 2.40. The molecule has 2 aromatic heterocycles. The Morgan fingerprint density at radius 3 is 2.87 bits per heavy atom. The Morgan fingerprint density at radius 1 is 1.30 bits per heavy atom. The number of aromatic nitrogens is 3. The molecule has 30 heavy (non-hydrogen) atoms. The number of nitriles is 1. The number of benzene rings is 1. The molecule has 1 unspecified atom stereocenters. The third-order valence-electron chi connectivity index (χ3n) is 6.20. The van der Waals surface area contributed by atoms with Crippen LogP contribution in [0.1, 0.15) is 42.0 Å². The first kappa shape index (κ1) is 18.5. The van der Waals surface area contributed by atoms with Gasteiger partial charge in [0.05, 0.1) is 5.69 Å². The van der Waals surface area contributed by atoms with Crippen LogP contribution in [-0.4, -0.2) is 27.4 Å². The van der Waals surface area contributed by atoms with Crippen LogP contribution in [0, 0.1) is 18.3 Å². The van der Waals surface area contributed by atoms with Crippen LogP contribution < -0.4 is 15.4 Å². The van der Waals surface area contributed by atoms with Crippen molar-refractivity contribution in [2.24, 2.45) is 7.05 Å². The van der Waals surface area contributed by atoms with Crippen molar-refractivity contribution < 1.29 is 4.74 Å². The standard InChI is InChI=1S/C23H24N6O/c1-13-4-5-19-17(8-13)14(2)30-21-9-15(12-26-23(21)25)22-18(10-16-6-7-29(16)19)27-28(3)20(22)11-24/h4-5,8-9,12,14,16H,6-7,10H2,1-3H3,(H2,25,26)/t14-,16?/m1/s1. The van der Waals surface area contributed by atoms with Crippen molar-refractivity contribution in [3.8, 4) is 22.9 Å². The maximum atomic E-state index is 9.77. The summed E-state index contributed by atoms with van der Waals surface area (Å²) in [5.74, 6) is 0.856. The molecule has 2 atom stereocenters. The Morgan fingerprint density at radius 2 is 2.13 bits per heavy atom. The third-order valence-corrected chi connectivity index (χ3v) is 6.20. The van der Waals surface area contributed by atoms with Crippen molar-refractivity contribution in [1.82, 2.24) is 14.8 Å². The number of nitrogen functional groups attached to an aromatic ring is 1. The number of pyridine rings is 1. The number of rotatable bonds is 0. The van der Waals surface area contributed by atoms with Crippen molar-refractivity contribution >= 4 is 11.5 Å². The molecule has 3 aromatic rings. The zero-order chi connectivity index (χ0) is 21.0. The molecule has 1 saturated heterocycles. The molecule has 2 N–H and O–H groups in total. The first-order chi connectivity index (χ1) is 14.5. The molecule has 1 fully saturated rings. The normalized spacial score (nSPS) is 19.7. The molecular weight excluding hydrogens is 376 g/mol. The lowest BCUT2D eigenvalue weighted by Crippen LogP contribution is -2.49. The monoisotopic (exact) mass is 400 g/mol. The van der Waals surface area contributed by atoms with Gasteiger partial charge in [0.15, 0.2) is 11.6 Å². The molecule has 0 radical (unpaired) electrons. The number of nitrogens with two attached hydrogens (primary N) is 1. The largest absolute Gasteiger partial charge is 0.482 e. The number of anilines is 2. The fourth-order valence-electron chi connectivity index (χ4n) is 4.55. The van der Waals surface area contributed by atoms with Crippen LogP contribution >= 0.6 is 0 Å². The van der Waals surface area contributed by atoms with E-state index in [1.807, 2.05) is 20.0 Å². The van der Waals surface area contributed by atoms with E-state index in [9.17, 15) is 5.26 Å². The summed E-state index contributed by atoms with van der Waals surface area (Å²) >= 11 is 0. The van der Waals surface area contributed by atoms with Gasteiger partial charge in [0.25, 0.3) is 0 Å². The van der Waals surface area contributed by atoms with Gasteiger partial charge in [-0.2, -0.15) is 10.4 Å². The lowest BCUT2D eigenvalue weighted by atomic mass is 9.91. The molecule has 0 saturated carbocycles. The molecule has 0 amide bonds. The first-order valence-electron chi connectivity index (χ1n) is 10.2. The van der Waals surface area contributed by atoms with Crippen LogP contribution in [0.3, 0.4) is 0 Å². The summed E-state index contributed by atoms with van der Waals surface area (Å²) in [7, 11) is 1.81. The van der Waals surface area contributed by atoms with Crippen LogP contribution in [0.5, 0.6) is 5.75 Å². The van der Waals surface area contributed by atoms with E-state index in [1.54, 1.807) is 10.9 Å². The minimum atomic E-state index is -0.191. The molecule has 1 aromatic carbocycles. The second-order valence-corrected chi connectivity index (χ2v) is 8.18. The van der Waals surface area contributed by atoms with Gasteiger partial charge in [0, 0.05) is 54.6 Å². The third kappa shape index (κ3) is 2.79. The zero-order valence-electron chi connectivity index (χ0n) is 17.4. The summed E-state index contributed by atoms with van der Waals surface area (Å²) in [6, 6.07) is 11.0. The van der Waals surface area contributed by atoms with Gasteiger partial charge in [0.2, 0.25) is 0 Å². The lowest BCUT2D eigenvalue weighted by Gasteiger charge is -2.44. The van der Waals surface area contributed by atoms with E-state index in [-0.39, 0.29) is 6.10 Å². The van der Waals surface area contributed by atoms with E-state index in [0.717, 1.165) is 41.8 Å². The van der Waals surface area contributed by atoms with Crippen molar-refractivity contribution in [3.63, 3.8) is 0 Å². The molecule has 2 aliphatic heterocycles. The predicted octanol–water partition coefficient (Wildman–Crippen LogP) is 3.52. The van der Waals surface area contributed by atoms with Crippen LogP contribution in [0.15, 0.2) is 30.5 Å². The lowest BCUT2D eigenvalue weighted by molar-refractivity contribution is 0.227. The van der Waals surface area contributed by atoms with E-state index in [4.69, 9.17) is 15.6 Å². The highest BCUT2D eigenvalue weighted by Gasteiger charge is 2.34. The molecule has 2 aliphatic rings. The van der Waals surface area contributed by atoms with Gasteiger partial charge < -0.3 is 15.4 Å². The Kier molecular flexibility index (Phi) is 4.17. The number of aryl methyl sites for hydroxylation is 2. The maximum absolute atomic E-state index is 9.77. The molecule has 2 bridgehead atoms. The average molecular weight is 400 g/mol. The van der Waals surface area contributed by atoms with Crippen molar-refractivity contribution in [2.45, 2.75) is 38.8 Å².